The van der Waals surface area contributed by atoms with E-state index >= 15 is 0 Å². The summed E-state index contributed by atoms with van der Waals surface area (Å²) in [6.45, 7) is 6.01. The number of aromatic nitrogens is 1. The molecule has 2 aromatic rings. The number of hydrogen-bond acceptors (Lipinski definition) is 4. The Morgan fingerprint density at radius 3 is 2.48 bits per heavy atom. The molecule has 0 saturated carbocycles. The van der Waals surface area contributed by atoms with Crippen LogP contribution in [0.2, 0.25) is 0 Å². The van der Waals surface area contributed by atoms with Gasteiger partial charge in [0.15, 0.2) is 0 Å². The van der Waals surface area contributed by atoms with Crippen molar-refractivity contribution in [2.75, 3.05) is 5.32 Å². The monoisotopic (exact) mass is 281 g/mol. The molecule has 1 unspecified atom stereocenters. The molecule has 0 radical (unpaired) electrons. The molecule has 4 nitrogen and oxygen atoms in total. The van der Waals surface area contributed by atoms with Crippen molar-refractivity contribution in [1.82, 2.24) is 4.98 Å². The Hall–Kier alpha value is -2.54. The smallest absolute Gasteiger partial charge is 0.237 e. The van der Waals surface area contributed by atoms with Crippen molar-refractivity contribution in [2.24, 2.45) is 0 Å². The molecule has 0 amide bonds. The Kier molecular flexibility index (Phi) is 4.78. The SMILES string of the molecule is CC(C)Oc1ncccc1NC(C)c1ccc(C#N)cc1. The molecule has 1 aromatic heterocycles. The molecule has 21 heavy (non-hydrogen) atoms. The summed E-state index contributed by atoms with van der Waals surface area (Å²) in [6, 6.07) is 13.6. The van der Waals surface area contributed by atoms with Crippen LogP contribution in [0.25, 0.3) is 0 Å². The third-order valence-corrected chi connectivity index (χ3v) is 3.03. The minimum atomic E-state index is 0.0747. The summed E-state index contributed by atoms with van der Waals surface area (Å²) in [5.41, 5.74) is 2.63. The number of nitriles is 1. The molecule has 1 atom stereocenters. The molecular weight excluding hydrogens is 262 g/mol. The van der Waals surface area contributed by atoms with Crippen molar-refractivity contribution >= 4 is 5.69 Å². The first-order chi connectivity index (χ1) is 10.1. The van der Waals surface area contributed by atoms with E-state index < -0.39 is 0 Å². The number of anilines is 1. The molecule has 0 spiro atoms. The van der Waals surface area contributed by atoms with Crippen LogP contribution in [-0.4, -0.2) is 11.1 Å². The molecule has 1 N–H and O–H groups in total. The second-order valence-corrected chi connectivity index (χ2v) is 5.12. The number of benzene rings is 1. The summed E-state index contributed by atoms with van der Waals surface area (Å²) in [6.07, 6.45) is 1.79. The Balaban J connectivity index is 2.15. The zero-order chi connectivity index (χ0) is 15.2. The lowest BCUT2D eigenvalue weighted by Crippen LogP contribution is -2.12. The van der Waals surface area contributed by atoms with E-state index in [9.17, 15) is 0 Å². The third kappa shape index (κ3) is 3.96. The summed E-state index contributed by atoms with van der Waals surface area (Å²) >= 11 is 0. The normalized spacial score (nSPS) is 11.8. The summed E-state index contributed by atoms with van der Waals surface area (Å²) in [5.74, 6) is 0.605. The molecule has 1 aromatic carbocycles. The fourth-order valence-electron chi connectivity index (χ4n) is 1.98. The maximum Gasteiger partial charge on any atom is 0.237 e. The number of rotatable bonds is 5. The highest BCUT2D eigenvalue weighted by Gasteiger charge is 2.11. The highest BCUT2D eigenvalue weighted by atomic mass is 16.5. The number of nitrogens with one attached hydrogen (secondary N) is 1. The van der Waals surface area contributed by atoms with Gasteiger partial charge in [-0.1, -0.05) is 12.1 Å². The molecular formula is C17H19N3O. The van der Waals surface area contributed by atoms with Crippen LogP contribution in [0.3, 0.4) is 0 Å². The lowest BCUT2D eigenvalue weighted by atomic mass is 10.1. The van der Waals surface area contributed by atoms with Crippen LogP contribution >= 0.6 is 0 Å². The van der Waals surface area contributed by atoms with Gasteiger partial charge in [-0.15, -0.1) is 0 Å². The average Bonchev–Trinajstić information content (AvgIpc) is 2.49. The molecule has 0 saturated heterocycles. The number of hydrogen-bond donors (Lipinski definition) is 1. The Morgan fingerprint density at radius 1 is 1.14 bits per heavy atom. The van der Waals surface area contributed by atoms with E-state index in [0.29, 0.717) is 11.4 Å². The minimum Gasteiger partial charge on any atom is -0.473 e. The van der Waals surface area contributed by atoms with Crippen LogP contribution in [0.5, 0.6) is 5.88 Å². The summed E-state index contributed by atoms with van der Waals surface area (Å²) < 4.78 is 5.70. The lowest BCUT2D eigenvalue weighted by molar-refractivity contribution is 0.234. The van der Waals surface area contributed by atoms with Crippen molar-refractivity contribution in [3.63, 3.8) is 0 Å². The van der Waals surface area contributed by atoms with Crippen LogP contribution in [-0.2, 0) is 0 Å². The number of nitrogens with zero attached hydrogens (tertiary/aromatic N) is 2. The summed E-state index contributed by atoms with van der Waals surface area (Å²) in [5, 5.41) is 12.2. The van der Waals surface area contributed by atoms with E-state index in [-0.39, 0.29) is 12.1 Å². The average molecular weight is 281 g/mol. The van der Waals surface area contributed by atoms with Gasteiger partial charge in [0, 0.05) is 12.2 Å². The quantitative estimate of drug-likeness (QED) is 0.902. The van der Waals surface area contributed by atoms with E-state index in [4.69, 9.17) is 10.00 Å². The molecule has 0 aliphatic carbocycles. The van der Waals surface area contributed by atoms with Gasteiger partial charge in [-0.2, -0.15) is 5.26 Å². The fraction of sp³-hybridized carbons (Fsp3) is 0.294. The van der Waals surface area contributed by atoms with Gasteiger partial charge in [-0.25, -0.2) is 4.98 Å². The van der Waals surface area contributed by atoms with Crippen molar-refractivity contribution in [3.8, 4) is 11.9 Å². The summed E-state index contributed by atoms with van der Waals surface area (Å²) in [4.78, 5) is 4.27. The topological polar surface area (TPSA) is 57.9 Å². The number of pyridine rings is 1. The van der Waals surface area contributed by atoms with Gasteiger partial charge in [0.05, 0.1) is 23.4 Å². The van der Waals surface area contributed by atoms with Crippen LogP contribution in [0.1, 0.15) is 37.9 Å². The zero-order valence-corrected chi connectivity index (χ0v) is 12.5. The zero-order valence-electron chi connectivity index (χ0n) is 12.5. The van der Waals surface area contributed by atoms with Gasteiger partial charge >= 0.3 is 0 Å². The maximum absolute atomic E-state index is 8.83. The first-order valence-corrected chi connectivity index (χ1v) is 6.98. The van der Waals surface area contributed by atoms with Crippen LogP contribution in [0.15, 0.2) is 42.6 Å². The van der Waals surface area contributed by atoms with Gasteiger partial charge in [-0.3, -0.25) is 0 Å². The maximum atomic E-state index is 8.83. The van der Waals surface area contributed by atoms with Crippen molar-refractivity contribution in [1.29, 1.82) is 5.26 Å². The van der Waals surface area contributed by atoms with Gasteiger partial charge in [0.2, 0.25) is 5.88 Å². The van der Waals surface area contributed by atoms with Gasteiger partial charge < -0.3 is 10.1 Å². The van der Waals surface area contributed by atoms with Gasteiger partial charge in [0.25, 0.3) is 0 Å². The highest BCUT2D eigenvalue weighted by molar-refractivity contribution is 5.53. The Bertz CT molecular complexity index is 629. The van der Waals surface area contributed by atoms with Gasteiger partial charge in [-0.05, 0) is 50.6 Å². The Labute approximate surface area is 125 Å². The van der Waals surface area contributed by atoms with Crippen molar-refractivity contribution < 1.29 is 4.74 Å². The Morgan fingerprint density at radius 2 is 1.86 bits per heavy atom. The van der Waals surface area contributed by atoms with E-state index in [1.54, 1.807) is 6.20 Å². The minimum absolute atomic E-state index is 0.0747. The van der Waals surface area contributed by atoms with Crippen LogP contribution in [0.4, 0.5) is 5.69 Å². The highest BCUT2D eigenvalue weighted by Crippen LogP contribution is 2.26. The second kappa shape index (κ2) is 6.76. The van der Waals surface area contributed by atoms with E-state index in [2.05, 4.69) is 23.3 Å². The molecule has 4 heteroatoms. The van der Waals surface area contributed by atoms with Crippen molar-refractivity contribution in [2.45, 2.75) is 32.9 Å². The second-order valence-electron chi connectivity index (χ2n) is 5.12. The molecule has 0 aliphatic rings. The number of ether oxygens (including phenoxy) is 1. The van der Waals surface area contributed by atoms with Crippen LogP contribution < -0.4 is 10.1 Å². The molecule has 0 aliphatic heterocycles. The molecule has 108 valence electrons. The predicted octanol–water partition coefficient (Wildman–Crippen LogP) is 3.91. The van der Waals surface area contributed by atoms with Crippen molar-refractivity contribution in [3.05, 3.63) is 53.7 Å². The van der Waals surface area contributed by atoms with E-state index in [1.165, 1.54) is 0 Å². The first-order valence-electron chi connectivity index (χ1n) is 6.98. The molecule has 0 bridgehead atoms. The molecule has 2 rings (SSSR count). The third-order valence-electron chi connectivity index (χ3n) is 3.03. The fourth-order valence-corrected chi connectivity index (χ4v) is 1.98. The largest absolute Gasteiger partial charge is 0.473 e. The summed E-state index contributed by atoms with van der Waals surface area (Å²) in [7, 11) is 0. The van der Waals surface area contributed by atoms with Gasteiger partial charge in [0.1, 0.15) is 0 Å². The molecule has 1 heterocycles. The predicted molar refractivity (Wildman–Crippen MR) is 83.2 cm³/mol. The van der Waals surface area contributed by atoms with Crippen LogP contribution in [0, 0.1) is 11.3 Å². The van der Waals surface area contributed by atoms with E-state index in [1.807, 2.05) is 50.2 Å². The molecule has 0 fully saturated rings. The first kappa shape index (κ1) is 14.9. The lowest BCUT2D eigenvalue weighted by Gasteiger charge is -2.19. The standard InChI is InChI=1S/C17H19N3O/c1-12(2)21-17-16(5-4-10-19-17)20-13(3)15-8-6-14(11-18)7-9-15/h4-10,12-13,20H,1-3H3. The van der Waals surface area contributed by atoms with E-state index in [0.717, 1.165) is 11.3 Å².